The molecule has 40 heavy (non-hydrogen) atoms. The number of fused-ring (bicyclic) bond motifs is 8. The highest BCUT2D eigenvalue weighted by Crippen LogP contribution is 2.17. The van der Waals surface area contributed by atoms with Gasteiger partial charge in [0.2, 0.25) is 0 Å². The quantitative estimate of drug-likeness (QED) is 0.138. The number of unbranched alkanes of at least 4 members (excludes halogenated alkanes) is 10. The van der Waals surface area contributed by atoms with E-state index in [-0.39, 0.29) is 0 Å². The third-order valence-corrected chi connectivity index (χ3v) is 7.04. The van der Waals surface area contributed by atoms with Crippen molar-refractivity contribution in [1.82, 2.24) is 19.9 Å². The number of carboxylic acids is 1. The summed E-state index contributed by atoms with van der Waals surface area (Å²) >= 11 is 0. The molecule has 0 atom stereocenters. The van der Waals surface area contributed by atoms with Crippen molar-refractivity contribution in [1.29, 1.82) is 0 Å². The Balaban J connectivity index is 0.000000204. The number of rotatable bonds is 12. The zero-order valence-electron chi connectivity index (χ0n) is 23.7. The van der Waals surface area contributed by atoms with E-state index in [9.17, 15) is 4.79 Å². The van der Waals surface area contributed by atoms with Gasteiger partial charge in [-0.25, -0.2) is 9.97 Å². The molecule has 210 valence electrons. The molecule has 0 fully saturated rings. The number of carboxylic acid groups (broad SMARTS) is 1. The summed E-state index contributed by atoms with van der Waals surface area (Å²) in [5.41, 5.74) is 7.86. The molecule has 0 saturated carbocycles. The monoisotopic (exact) mass is 538 g/mol. The Morgan fingerprint density at radius 3 is 1.23 bits per heavy atom. The lowest BCUT2D eigenvalue weighted by Gasteiger charge is -2.01. The lowest BCUT2D eigenvalue weighted by molar-refractivity contribution is -0.137. The fourth-order valence-electron chi connectivity index (χ4n) is 4.88. The van der Waals surface area contributed by atoms with E-state index in [1.807, 2.05) is 48.6 Å². The van der Waals surface area contributed by atoms with E-state index < -0.39 is 5.97 Å². The second-order valence-electron chi connectivity index (χ2n) is 10.6. The van der Waals surface area contributed by atoms with Crippen LogP contribution in [-0.4, -0.2) is 31.0 Å². The number of nitrogens with zero attached hydrogens (tertiary/aromatic N) is 2. The van der Waals surface area contributed by atoms with Crippen LogP contribution in [-0.2, 0) is 4.79 Å². The van der Waals surface area contributed by atoms with Gasteiger partial charge in [0.1, 0.15) is 0 Å². The van der Waals surface area contributed by atoms with Gasteiger partial charge < -0.3 is 15.1 Å². The third-order valence-electron chi connectivity index (χ3n) is 7.04. The molecule has 3 aromatic heterocycles. The van der Waals surface area contributed by atoms with Gasteiger partial charge in [0.05, 0.1) is 22.8 Å². The van der Waals surface area contributed by atoms with Gasteiger partial charge in [-0.1, -0.05) is 71.1 Å². The highest BCUT2D eigenvalue weighted by Gasteiger charge is 2.01. The minimum atomic E-state index is -0.657. The van der Waals surface area contributed by atoms with Gasteiger partial charge in [0.25, 0.3) is 0 Å². The molecule has 5 rings (SSSR count). The Hall–Kier alpha value is -3.93. The Morgan fingerprint density at radius 2 is 0.900 bits per heavy atom. The third kappa shape index (κ3) is 9.99. The van der Waals surface area contributed by atoms with Crippen molar-refractivity contribution in [3.8, 4) is 0 Å². The van der Waals surface area contributed by atoms with Crippen LogP contribution in [0.4, 0.5) is 0 Å². The van der Waals surface area contributed by atoms with Crippen LogP contribution < -0.4 is 0 Å². The normalized spacial score (nSPS) is 11.8. The first-order chi connectivity index (χ1) is 19.6. The van der Waals surface area contributed by atoms with Crippen LogP contribution in [0.15, 0.2) is 48.5 Å². The zero-order chi connectivity index (χ0) is 28.0. The molecule has 0 spiro atoms. The SMILES string of the molecule is C1=Cc2cc3ccc(cc4nc(cc5ccc(cc1n2)[nH]5)C=C4)[nH]3.CCCCCCCCCCCCCC(=O)O. The summed E-state index contributed by atoms with van der Waals surface area (Å²) in [7, 11) is 0. The molecule has 2 aliphatic heterocycles. The molecule has 0 unspecified atom stereocenters. The summed E-state index contributed by atoms with van der Waals surface area (Å²) in [6.45, 7) is 2.25. The van der Waals surface area contributed by atoms with Gasteiger partial charge in [-0.05, 0) is 79.3 Å². The number of hydrogen-bond donors (Lipinski definition) is 3. The predicted octanol–water partition coefficient (Wildman–Crippen LogP) is 9.43. The average molecular weight is 539 g/mol. The molecule has 0 aromatic carbocycles. The van der Waals surface area contributed by atoms with E-state index in [2.05, 4.69) is 51.1 Å². The van der Waals surface area contributed by atoms with Gasteiger partial charge in [-0.3, -0.25) is 4.79 Å². The topological polar surface area (TPSA) is 94.7 Å². The molecule has 2 aliphatic rings. The molecule has 0 radical (unpaired) electrons. The fourth-order valence-corrected chi connectivity index (χ4v) is 4.88. The Bertz CT molecular complexity index is 1290. The maximum Gasteiger partial charge on any atom is 0.303 e. The van der Waals surface area contributed by atoms with Gasteiger partial charge >= 0.3 is 5.97 Å². The maximum absolute atomic E-state index is 10.3. The van der Waals surface area contributed by atoms with E-state index in [1.165, 1.54) is 57.8 Å². The van der Waals surface area contributed by atoms with Crippen molar-refractivity contribution in [2.75, 3.05) is 0 Å². The summed E-state index contributed by atoms with van der Waals surface area (Å²) in [6.07, 6.45) is 22.4. The molecule has 5 heterocycles. The van der Waals surface area contributed by atoms with E-state index in [1.54, 1.807) is 0 Å². The van der Waals surface area contributed by atoms with Crippen molar-refractivity contribution in [3.05, 3.63) is 71.3 Å². The van der Waals surface area contributed by atoms with Crippen molar-refractivity contribution < 1.29 is 9.90 Å². The Morgan fingerprint density at radius 1 is 0.575 bits per heavy atom. The van der Waals surface area contributed by atoms with Crippen LogP contribution in [0, 0.1) is 0 Å². The number of aliphatic carboxylic acids is 1. The standard InChI is InChI=1S/C20H14N4.C14H28O2/c1-2-14-10-16-5-6-18(23-16)12-20-8-7-19(24-20)11-17-4-3-15(22-17)9-13(1)21-14;1-2-3-4-5-6-7-8-9-10-11-12-13-14(15)16/h1-12,21,24H;2-13H2,1H3,(H,15,16). The van der Waals surface area contributed by atoms with Gasteiger partial charge in [-0.15, -0.1) is 0 Å². The van der Waals surface area contributed by atoms with E-state index >= 15 is 0 Å². The summed E-state index contributed by atoms with van der Waals surface area (Å²) in [5, 5.41) is 8.46. The molecule has 6 nitrogen and oxygen atoms in total. The number of H-pyrrole nitrogens is 2. The smallest absolute Gasteiger partial charge is 0.303 e. The van der Waals surface area contributed by atoms with Crippen LogP contribution in [0.1, 0.15) is 107 Å². The highest BCUT2D eigenvalue weighted by atomic mass is 16.4. The lowest BCUT2D eigenvalue weighted by atomic mass is 10.1. The highest BCUT2D eigenvalue weighted by molar-refractivity contribution is 5.77. The first-order valence-electron chi connectivity index (χ1n) is 14.8. The van der Waals surface area contributed by atoms with Crippen molar-refractivity contribution in [2.24, 2.45) is 0 Å². The van der Waals surface area contributed by atoms with Crippen molar-refractivity contribution >= 4 is 52.3 Å². The first-order valence-corrected chi connectivity index (χ1v) is 14.8. The summed E-state index contributed by atoms with van der Waals surface area (Å²) in [6, 6.07) is 16.4. The van der Waals surface area contributed by atoms with Gasteiger partial charge in [0, 0.05) is 28.5 Å². The minimum Gasteiger partial charge on any atom is -0.481 e. The summed E-state index contributed by atoms with van der Waals surface area (Å²) < 4.78 is 0. The van der Waals surface area contributed by atoms with Crippen molar-refractivity contribution in [3.63, 3.8) is 0 Å². The first kappa shape index (κ1) is 29.1. The second-order valence-corrected chi connectivity index (χ2v) is 10.6. The summed E-state index contributed by atoms with van der Waals surface area (Å²) in [5.74, 6) is -0.657. The van der Waals surface area contributed by atoms with Crippen LogP contribution >= 0.6 is 0 Å². The minimum absolute atomic E-state index is 0.344. The maximum atomic E-state index is 10.3. The van der Waals surface area contributed by atoms with Gasteiger partial charge in [-0.2, -0.15) is 0 Å². The van der Waals surface area contributed by atoms with Gasteiger partial charge in [0.15, 0.2) is 0 Å². The molecule has 0 aliphatic carbocycles. The van der Waals surface area contributed by atoms with E-state index in [0.717, 1.165) is 57.7 Å². The van der Waals surface area contributed by atoms with Crippen LogP contribution in [0.3, 0.4) is 0 Å². The zero-order valence-corrected chi connectivity index (χ0v) is 23.7. The molecular formula is C34H42N4O2. The number of aromatic nitrogens is 4. The predicted molar refractivity (Wildman–Crippen MR) is 168 cm³/mol. The molecule has 3 aromatic rings. The Labute approximate surface area is 237 Å². The molecule has 6 heteroatoms. The number of hydrogen-bond acceptors (Lipinski definition) is 3. The van der Waals surface area contributed by atoms with E-state index in [4.69, 9.17) is 5.11 Å². The second kappa shape index (κ2) is 15.6. The van der Waals surface area contributed by atoms with Crippen LogP contribution in [0.5, 0.6) is 0 Å². The largest absolute Gasteiger partial charge is 0.481 e. The molecular weight excluding hydrogens is 496 g/mol. The van der Waals surface area contributed by atoms with Crippen molar-refractivity contribution in [2.45, 2.75) is 84.0 Å². The van der Waals surface area contributed by atoms with Crippen LogP contribution in [0.25, 0.3) is 46.4 Å². The summed E-state index contributed by atoms with van der Waals surface area (Å²) in [4.78, 5) is 26.3. The number of aromatic amines is 2. The molecule has 3 N–H and O–H groups in total. The number of nitrogens with one attached hydrogen (secondary N) is 2. The number of carbonyl (C=O) groups is 1. The van der Waals surface area contributed by atoms with E-state index in [0.29, 0.717) is 6.42 Å². The Kier molecular flexibility index (Phi) is 11.3. The lowest BCUT2D eigenvalue weighted by Crippen LogP contribution is -1.93. The fraction of sp³-hybridized carbons (Fsp3) is 0.382. The van der Waals surface area contributed by atoms with Crippen LogP contribution in [0.2, 0.25) is 0 Å². The molecule has 0 amide bonds. The molecule has 8 bridgehead atoms. The average Bonchev–Trinajstić information content (AvgIpc) is 3.74. The molecule has 0 saturated heterocycles.